The molecule has 4 heteroatoms. The Morgan fingerprint density at radius 3 is 2.73 bits per heavy atom. The first-order chi connectivity index (χ1) is 6.99. The van der Waals surface area contributed by atoms with E-state index < -0.39 is 11.9 Å². The van der Waals surface area contributed by atoms with Crippen LogP contribution >= 0.6 is 0 Å². The number of benzene rings is 1. The molecule has 3 nitrogen and oxygen atoms in total. The van der Waals surface area contributed by atoms with Gasteiger partial charge in [0.25, 0.3) is 5.91 Å². The molecule has 0 aromatic heterocycles. The van der Waals surface area contributed by atoms with E-state index in [0.717, 1.165) is 0 Å². The Morgan fingerprint density at radius 1 is 1.53 bits per heavy atom. The second-order valence-electron chi connectivity index (χ2n) is 3.58. The van der Waals surface area contributed by atoms with E-state index >= 15 is 0 Å². The van der Waals surface area contributed by atoms with Crippen molar-refractivity contribution in [1.29, 1.82) is 0 Å². The molecule has 0 aliphatic carbocycles. The van der Waals surface area contributed by atoms with E-state index in [2.05, 4.69) is 5.32 Å². The standard InChI is InChI=1S/C11H14FNO2/c1-7-3-9(5-10(12)4-7)11(15)13-6-8(2)14/h3-5,8,14H,6H2,1-2H3,(H,13,15)/t8-/m1/s1. The summed E-state index contributed by atoms with van der Waals surface area (Å²) in [4.78, 5) is 11.5. The number of halogens is 1. The number of amides is 1. The van der Waals surface area contributed by atoms with Gasteiger partial charge in [0.1, 0.15) is 5.82 Å². The van der Waals surface area contributed by atoms with Crippen LogP contribution in [0.2, 0.25) is 0 Å². The third kappa shape index (κ3) is 3.67. The SMILES string of the molecule is Cc1cc(F)cc(C(=O)NC[C@@H](C)O)c1. The van der Waals surface area contributed by atoms with Gasteiger partial charge in [0.2, 0.25) is 0 Å². The molecular formula is C11H14FNO2. The number of aliphatic hydroxyl groups is 1. The first kappa shape index (κ1) is 11.7. The molecule has 1 aromatic carbocycles. The maximum absolute atomic E-state index is 13.0. The number of aryl methyl sites for hydroxylation is 1. The lowest BCUT2D eigenvalue weighted by molar-refractivity contribution is 0.0923. The Labute approximate surface area is 87.9 Å². The van der Waals surface area contributed by atoms with Crippen molar-refractivity contribution >= 4 is 5.91 Å². The number of carbonyl (C=O) groups is 1. The molecule has 0 bridgehead atoms. The smallest absolute Gasteiger partial charge is 0.251 e. The molecule has 0 aliphatic heterocycles. The van der Waals surface area contributed by atoms with Gasteiger partial charge < -0.3 is 10.4 Å². The van der Waals surface area contributed by atoms with Crippen LogP contribution in [0.15, 0.2) is 18.2 Å². The predicted octanol–water partition coefficient (Wildman–Crippen LogP) is 1.24. The minimum absolute atomic E-state index is 0.161. The van der Waals surface area contributed by atoms with Crippen LogP contribution in [0.1, 0.15) is 22.8 Å². The fourth-order valence-corrected chi connectivity index (χ4v) is 1.21. The summed E-state index contributed by atoms with van der Waals surface area (Å²) in [6, 6.07) is 4.12. The predicted molar refractivity (Wildman–Crippen MR) is 55.2 cm³/mol. The van der Waals surface area contributed by atoms with E-state index in [-0.39, 0.29) is 18.0 Å². The van der Waals surface area contributed by atoms with E-state index in [1.54, 1.807) is 19.9 Å². The highest BCUT2D eigenvalue weighted by molar-refractivity contribution is 5.94. The van der Waals surface area contributed by atoms with Crippen molar-refractivity contribution in [3.63, 3.8) is 0 Å². The van der Waals surface area contributed by atoms with Gasteiger partial charge in [0.15, 0.2) is 0 Å². The van der Waals surface area contributed by atoms with Crippen LogP contribution in [0.5, 0.6) is 0 Å². The normalized spacial score (nSPS) is 12.3. The van der Waals surface area contributed by atoms with Crippen LogP contribution in [-0.2, 0) is 0 Å². The zero-order valence-electron chi connectivity index (χ0n) is 8.75. The Morgan fingerprint density at radius 2 is 2.20 bits per heavy atom. The van der Waals surface area contributed by atoms with Crippen LogP contribution in [0, 0.1) is 12.7 Å². The van der Waals surface area contributed by atoms with Gasteiger partial charge >= 0.3 is 0 Å². The van der Waals surface area contributed by atoms with Gasteiger partial charge in [0, 0.05) is 12.1 Å². The van der Waals surface area contributed by atoms with Crippen molar-refractivity contribution in [1.82, 2.24) is 5.32 Å². The van der Waals surface area contributed by atoms with Crippen LogP contribution in [0.4, 0.5) is 4.39 Å². The molecule has 0 saturated heterocycles. The average Bonchev–Trinajstić information content (AvgIpc) is 2.12. The van der Waals surface area contributed by atoms with E-state index in [1.807, 2.05) is 0 Å². The third-order valence-electron chi connectivity index (χ3n) is 1.86. The minimum Gasteiger partial charge on any atom is -0.392 e. The summed E-state index contributed by atoms with van der Waals surface area (Å²) in [6.07, 6.45) is -0.608. The van der Waals surface area contributed by atoms with Gasteiger partial charge in [-0.15, -0.1) is 0 Å². The molecule has 0 aliphatic rings. The molecule has 0 saturated carbocycles. The third-order valence-corrected chi connectivity index (χ3v) is 1.86. The lowest BCUT2D eigenvalue weighted by atomic mass is 10.1. The summed E-state index contributed by atoms with van der Waals surface area (Å²) in [5.74, 6) is -0.810. The lowest BCUT2D eigenvalue weighted by Gasteiger charge is -2.07. The first-order valence-electron chi connectivity index (χ1n) is 4.72. The fraction of sp³-hybridized carbons (Fsp3) is 0.364. The van der Waals surface area contributed by atoms with Crippen molar-refractivity contribution in [2.24, 2.45) is 0 Å². The molecule has 82 valence electrons. The summed E-state index contributed by atoms with van der Waals surface area (Å²) in [6.45, 7) is 3.44. The molecule has 1 amide bonds. The Kier molecular flexibility index (Phi) is 3.80. The highest BCUT2D eigenvalue weighted by Gasteiger charge is 2.08. The zero-order chi connectivity index (χ0) is 11.4. The number of nitrogens with one attached hydrogen (secondary N) is 1. The molecule has 0 radical (unpaired) electrons. The Balaban J connectivity index is 2.73. The molecule has 1 rings (SSSR count). The quantitative estimate of drug-likeness (QED) is 0.790. The average molecular weight is 211 g/mol. The van der Waals surface area contributed by atoms with Crippen molar-refractivity contribution in [3.05, 3.63) is 35.1 Å². The zero-order valence-corrected chi connectivity index (χ0v) is 8.75. The molecule has 1 aromatic rings. The molecule has 0 spiro atoms. The Hall–Kier alpha value is -1.42. The van der Waals surface area contributed by atoms with Crippen molar-refractivity contribution in [3.8, 4) is 0 Å². The van der Waals surface area contributed by atoms with Crippen LogP contribution in [0.25, 0.3) is 0 Å². The van der Waals surface area contributed by atoms with E-state index in [9.17, 15) is 9.18 Å². The molecule has 0 fully saturated rings. The number of carbonyl (C=O) groups excluding carboxylic acids is 1. The topological polar surface area (TPSA) is 49.3 Å². The van der Waals surface area contributed by atoms with E-state index in [4.69, 9.17) is 5.11 Å². The first-order valence-corrected chi connectivity index (χ1v) is 4.72. The monoisotopic (exact) mass is 211 g/mol. The Bertz CT molecular complexity index is 343. The molecule has 0 unspecified atom stereocenters. The summed E-state index contributed by atoms with van der Waals surface area (Å²) in [7, 11) is 0. The maximum atomic E-state index is 13.0. The largest absolute Gasteiger partial charge is 0.392 e. The van der Waals surface area contributed by atoms with Gasteiger partial charge in [-0.25, -0.2) is 4.39 Å². The minimum atomic E-state index is -0.608. The summed E-state index contributed by atoms with van der Waals surface area (Å²) >= 11 is 0. The molecule has 2 N–H and O–H groups in total. The second kappa shape index (κ2) is 4.89. The molecular weight excluding hydrogens is 197 g/mol. The number of hydrogen-bond acceptors (Lipinski definition) is 2. The number of rotatable bonds is 3. The van der Waals surface area contributed by atoms with E-state index in [0.29, 0.717) is 5.56 Å². The van der Waals surface area contributed by atoms with Crippen LogP contribution in [-0.4, -0.2) is 23.7 Å². The molecule has 0 heterocycles. The molecule has 1 atom stereocenters. The van der Waals surface area contributed by atoms with Gasteiger partial charge in [-0.3, -0.25) is 4.79 Å². The van der Waals surface area contributed by atoms with Gasteiger partial charge in [-0.2, -0.15) is 0 Å². The van der Waals surface area contributed by atoms with Gasteiger partial charge in [-0.05, 0) is 37.6 Å². The highest BCUT2D eigenvalue weighted by Crippen LogP contribution is 2.08. The molecule has 15 heavy (non-hydrogen) atoms. The summed E-state index contributed by atoms with van der Waals surface area (Å²) < 4.78 is 13.0. The summed E-state index contributed by atoms with van der Waals surface area (Å²) in [5, 5.41) is 11.5. The second-order valence-corrected chi connectivity index (χ2v) is 3.58. The number of aliphatic hydroxyl groups excluding tert-OH is 1. The number of hydrogen-bond donors (Lipinski definition) is 2. The highest BCUT2D eigenvalue weighted by atomic mass is 19.1. The van der Waals surface area contributed by atoms with Crippen molar-refractivity contribution in [2.75, 3.05) is 6.54 Å². The van der Waals surface area contributed by atoms with E-state index in [1.165, 1.54) is 12.1 Å². The van der Waals surface area contributed by atoms with Crippen LogP contribution in [0.3, 0.4) is 0 Å². The van der Waals surface area contributed by atoms with Crippen molar-refractivity contribution in [2.45, 2.75) is 20.0 Å². The van der Waals surface area contributed by atoms with Crippen LogP contribution < -0.4 is 5.32 Å². The maximum Gasteiger partial charge on any atom is 0.251 e. The summed E-state index contributed by atoms with van der Waals surface area (Å²) in [5.41, 5.74) is 0.963. The van der Waals surface area contributed by atoms with Crippen molar-refractivity contribution < 1.29 is 14.3 Å². The van der Waals surface area contributed by atoms with Gasteiger partial charge in [0.05, 0.1) is 6.10 Å². The lowest BCUT2D eigenvalue weighted by Crippen LogP contribution is -2.30. The van der Waals surface area contributed by atoms with Gasteiger partial charge in [-0.1, -0.05) is 0 Å². The fourth-order valence-electron chi connectivity index (χ4n) is 1.21.